The molecule has 2 unspecified atom stereocenters. The number of halogens is 3. The van der Waals surface area contributed by atoms with Crippen molar-refractivity contribution in [1.29, 1.82) is 0 Å². The highest BCUT2D eigenvalue weighted by molar-refractivity contribution is 5.84. The highest BCUT2D eigenvalue weighted by Crippen LogP contribution is 2.46. The van der Waals surface area contributed by atoms with Gasteiger partial charge in [-0.25, -0.2) is 4.79 Å². The minimum absolute atomic E-state index is 0.150. The molecule has 1 aromatic carbocycles. The largest absolute Gasteiger partial charge is 0.416 e. The average Bonchev–Trinajstić information content (AvgIpc) is 3.38. The van der Waals surface area contributed by atoms with E-state index in [0.717, 1.165) is 6.07 Å². The molecule has 0 radical (unpaired) electrons. The molecule has 2 atom stereocenters. The van der Waals surface area contributed by atoms with Gasteiger partial charge in [0.25, 0.3) is 0 Å². The molecule has 1 saturated carbocycles. The number of benzene rings is 1. The fourth-order valence-corrected chi connectivity index (χ4v) is 3.08. The standard InChI is InChI=1S/C17H20F3N3O3/c18-17(19,20)13-4-2-1-3-11(13)12-9-14(12)22-16(25)21-10-15(24)23-5-7-26-8-6-23/h1-4,12,14H,5-10H2,(H2,21,22,25). The summed E-state index contributed by atoms with van der Waals surface area (Å²) < 4.78 is 44.3. The summed E-state index contributed by atoms with van der Waals surface area (Å²) in [6.45, 7) is 1.77. The van der Waals surface area contributed by atoms with Gasteiger partial charge in [0.1, 0.15) is 0 Å². The van der Waals surface area contributed by atoms with Crippen molar-refractivity contribution in [3.05, 3.63) is 35.4 Å². The van der Waals surface area contributed by atoms with Crippen molar-refractivity contribution in [1.82, 2.24) is 15.5 Å². The molecule has 1 aliphatic carbocycles. The fraction of sp³-hybridized carbons (Fsp3) is 0.529. The Morgan fingerprint density at radius 1 is 1.19 bits per heavy atom. The van der Waals surface area contributed by atoms with Gasteiger partial charge in [-0.2, -0.15) is 13.2 Å². The van der Waals surface area contributed by atoms with Crippen LogP contribution in [0.25, 0.3) is 0 Å². The molecule has 0 spiro atoms. The second kappa shape index (κ2) is 7.53. The van der Waals surface area contributed by atoms with Crippen molar-refractivity contribution in [3.63, 3.8) is 0 Å². The molecular weight excluding hydrogens is 351 g/mol. The maximum absolute atomic E-state index is 13.1. The number of hydrogen-bond acceptors (Lipinski definition) is 3. The molecule has 142 valence electrons. The average molecular weight is 371 g/mol. The van der Waals surface area contributed by atoms with Gasteiger partial charge in [-0.15, -0.1) is 0 Å². The van der Waals surface area contributed by atoms with Crippen LogP contribution in [-0.4, -0.2) is 55.7 Å². The molecule has 2 N–H and O–H groups in total. The molecule has 3 amide bonds. The van der Waals surface area contributed by atoms with E-state index in [9.17, 15) is 22.8 Å². The third kappa shape index (κ3) is 4.46. The summed E-state index contributed by atoms with van der Waals surface area (Å²) in [4.78, 5) is 25.4. The van der Waals surface area contributed by atoms with Crippen LogP contribution in [0, 0.1) is 0 Å². The molecule has 3 rings (SSSR count). The van der Waals surface area contributed by atoms with Gasteiger partial charge >= 0.3 is 12.2 Å². The van der Waals surface area contributed by atoms with Crippen LogP contribution in [0.2, 0.25) is 0 Å². The van der Waals surface area contributed by atoms with E-state index in [2.05, 4.69) is 10.6 Å². The number of ether oxygens (including phenoxy) is 1. The number of urea groups is 1. The molecule has 1 aromatic rings. The Kier molecular flexibility index (Phi) is 5.36. The molecule has 1 saturated heterocycles. The van der Waals surface area contributed by atoms with Gasteiger partial charge in [0.15, 0.2) is 0 Å². The molecular formula is C17H20F3N3O3. The van der Waals surface area contributed by atoms with Gasteiger partial charge < -0.3 is 20.3 Å². The molecule has 9 heteroatoms. The van der Waals surface area contributed by atoms with Gasteiger partial charge in [-0.3, -0.25) is 4.79 Å². The lowest BCUT2D eigenvalue weighted by Gasteiger charge is -2.26. The predicted molar refractivity (Wildman–Crippen MR) is 86.5 cm³/mol. The maximum Gasteiger partial charge on any atom is 0.416 e. The Labute approximate surface area is 148 Å². The monoisotopic (exact) mass is 371 g/mol. The maximum atomic E-state index is 13.1. The first-order valence-corrected chi connectivity index (χ1v) is 8.42. The molecule has 26 heavy (non-hydrogen) atoms. The topological polar surface area (TPSA) is 70.7 Å². The van der Waals surface area contributed by atoms with Crippen molar-refractivity contribution < 1.29 is 27.5 Å². The second-order valence-electron chi connectivity index (χ2n) is 6.35. The number of morpholine rings is 1. The number of nitrogens with zero attached hydrogens (tertiary/aromatic N) is 1. The summed E-state index contributed by atoms with van der Waals surface area (Å²) in [7, 11) is 0. The van der Waals surface area contributed by atoms with Crippen molar-refractivity contribution >= 4 is 11.9 Å². The zero-order valence-electron chi connectivity index (χ0n) is 14.0. The zero-order valence-corrected chi connectivity index (χ0v) is 14.0. The van der Waals surface area contributed by atoms with Gasteiger partial charge in [-0.05, 0) is 18.1 Å². The van der Waals surface area contributed by atoms with Gasteiger partial charge in [0.2, 0.25) is 5.91 Å². The van der Waals surface area contributed by atoms with E-state index in [-0.39, 0.29) is 30.0 Å². The van der Waals surface area contributed by atoms with Crippen LogP contribution < -0.4 is 10.6 Å². The lowest BCUT2D eigenvalue weighted by atomic mass is 10.0. The first-order chi connectivity index (χ1) is 12.4. The molecule has 2 fully saturated rings. The quantitative estimate of drug-likeness (QED) is 0.847. The minimum atomic E-state index is -4.42. The number of hydrogen-bond donors (Lipinski definition) is 2. The van der Waals surface area contributed by atoms with E-state index >= 15 is 0 Å². The van der Waals surface area contributed by atoms with Crippen LogP contribution in [-0.2, 0) is 15.7 Å². The predicted octanol–water partition coefficient (Wildman–Crippen LogP) is 1.72. The van der Waals surface area contributed by atoms with Gasteiger partial charge in [0.05, 0.1) is 25.3 Å². The third-order valence-electron chi connectivity index (χ3n) is 4.54. The molecule has 2 aliphatic rings. The van der Waals surface area contributed by atoms with E-state index in [4.69, 9.17) is 4.74 Å². The van der Waals surface area contributed by atoms with E-state index in [1.54, 1.807) is 11.0 Å². The molecule has 6 nitrogen and oxygen atoms in total. The van der Waals surface area contributed by atoms with Crippen LogP contribution in [0.3, 0.4) is 0 Å². The SMILES string of the molecule is O=C(NCC(=O)N1CCOCC1)NC1CC1c1ccccc1C(F)(F)F. The molecule has 1 aliphatic heterocycles. The Bertz CT molecular complexity index is 675. The number of amides is 3. The lowest BCUT2D eigenvalue weighted by molar-refractivity contribution is -0.138. The number of carbonyl (C=O) groups excluding carboxylic acids is 2. The van der Waals surface area contributed by atoms with Crippen molar-refractivity contribution in [2.24, 2.45) is 0 Å². The van der Waals surface area contributed by atoms with Crippen LogP contribution >= 0.6 is 0 Å². The van der Waals surface area contributed by atoms with Crippen LogP contribution in [0.5, 0.6) is 0 Å². The summed E-state index contributed by atoms with van der Waals surface area (Å²) >= 11 is 0. The fourth-order valence-electron chi connectivity index (χ4n) is 3.08. The highest BCUT2D eigenvalue weighted by atomic mass is 19.4. The normalized spacial score (nSPS) is 22.7. The first-order valence-electron chi connectivity index (χ1n) is 8.42. The third-order valence-corrected chi connectivity index (χ3v) is 4.54. The van der Waals surface area contributed by atoms with E-state index in [1.807, 2.05) is 0 Å². The molecule has 1 heterocycles. The Morgan fingerprint density at radius 3 is 2.58 bits per heavy atom. The summed E-state index contributed by atoms with van der Waals surface area (Å²) in [6.07, 6.45) is -3.98. The number of rotatable bonds is 4. The summed E-state index contributed by atoms with van der Waals surface area (Å²) in [5.41, 5.74) is -0.480. The van der Waals surface area contributed by atoms with E-state index < -0.39 is 17.8 Å². The Balaban J connectivity index is 1.48. The van der Waals surface area contributed by atoms with Crippen molar-refractivity contribution in [2.45, 2.75) is 24.6 Å². The summed E-state index contributed by atoms with van der Waals surface area (Å²) in [5.74, 6) is -0.577. The Morgan fingerprint density at radius 2 is 1.88 bits per heavy atom. The van der Waals surface area contributed by atoms with Gasteiger partial charge in [-0.1, -0.05) is 18.2 Å². The number of alkyl halides is 3. The van der Waals surface area contributed by atoms with E-state index in [1.165, 1.54) is 12.1 Å². The van der Waals surface area contributed by atoms with E-state index in [0.29, 0.717) is 32.7 Å². The van der Waals surface area contributed by atoms with Crippen molar-refractivity contribution in [3.8, 4) is 0 Å². The second-order valence-corrected chi connectivity index (χ2v) is 6.35. The number of carbonyl (C=O) groups is 2. The van der Waals surface area contributed by atoms with Crippen LogP contribution in [0.15, 0.2) is 24.3 Å². The molecule has 0 aromatic heterocycles. The zero-order chi connectivity index (χ0) is 18.7. The van der Waals surface area contributed by atoms with Crippen molar-refractivity contribution in [2.75, 3.05) is 32.8 Å². The molecule has 0 bridgehead atoms. The first kappa shape index (κ1) is 18.5. The minimum Gasteiger partial charge on any atom is -0.378 e. The summed E-state index contributed by atoms with van der Waals surface area (Å²) in [5, 5.41) is 5.09. The number of nitrogens with one attached hydrogen (secondary N) is 2. The Hall–Kier alpha value is -2.29. The van der Waals surface area contributed by atoms with Gasteiger partial charge in [0, 0.05) is 25.0 Å². The summed E-state index contributed by atoms with van der Waals surface area (Å²) in [6, 6.07) is 4.48. The van der Waals surface area contributed by atoms with Crippen LogP contribution in [0.1, 0.15) is 23.5 Å². The lowest BCUT2D eigenvalue weighted by Crippen LogP contribution is -2.47. The smallest absolute Gasteiger partial charge is 0.378 e. The van der Waals surface area contributed by atoms with Crippen LogP contribution in [0.4, 0.5) is 18.0 Å². The highest BCUT2D eigenvalue weighted by Gasteiger charge is 2.44.